The molecule has 6 heteroatoms. The predicted molar refractivity (Wildman–Crippen MR) is 107 cm³/mol. The fraction of sp³-hybridized carbons (Fsp3) is 0.286. The fourth-order valence-corrected chi connectivity index (χ4v) is 3.41. The minimum absolute atomic E-state index is 0.184. The average Bonchev–Trinajstić information content (AvgIpc) is 3.10. The third-order valence-corrected chi connectivity index (χ3v) is 5.11. The van der Waals surface area contributed by atoms with Crippen molar-refractivity contribution in [2.75, 3.05) is 19.6 Å². The van der Waals surface area contributed by atoms with Crippen LogP contribution in [0.2, 0.25) is 0 Å². The Morgan fingerprint density at radius 2 is 1.74 bits per heavy atom. The number of hydrogen-bond donors (Lipinski definition) is 1. The first-order valence-corrected chi connectivity index (χ1v) is 9.81. The molecule has 1 N–H and O–H groups in total. The number of carbonyl (C=O) groups excluding carboxylic acids is 3. The first-order valence-electron chi connectivity index (χ1n) is 9.01. The Labute approximate surface area is 166 Å². The summed E-state index contributed by atoms with van der Waals surface area (Å²) in [6.07, 6.45) is 2.23. The van der Waals surface area contributed by atoms with Crippen LogP contribution < -0.4 is 5.32 Å². The molecule has 0 aromatic heterocycles. The number of rotatable bonds is 7. The van der Waals surface area contributed by atoms with Gasteiger partial charge in [0.15, 0.2) is 5.78 Å². The summed E-state index contributed by atoms with van der Waals surface area (Å²) in [6, 6.07) is 13.9. The van der Waals surface area contributed by atoms with E-state index in [1.807, 2.05) is 4.90 Å². The van der Waals surface area contributed by atoms with E-state index >= 15 is 0 Å². The Morgan fingerprint density at radius 1 is 1.04 bits per heavy atom. The van der Waals surface area contributed by atoms with Gasteiger partial charge in [0.05, 0.1) is 5.56 Å². The summed E-state index contributed by atoms with van der Waals surface area (Å²) in [5, 5.41) is 2.86. The van der Waals surface area contributed by atoms with E-state index in [9.17, 15) is 14.4 Å². The SMILES string of the molecule is O=C(NCCCN1CCCC1=O)c1ccccc1C(=O)c1ccc(Br)cc1. The highest BCUT2D eigenvalue weighted by Crippen LogP contribution is 2.17. The van der Waals surface area contributed by atoms with E-state index in [1.165, 1.54) is 0 Å². The van der Waals surface area contributed by atoms with Gasteiger partial charge in [-0.1, -0.05) is 34.1 Å². The molecule has 1 fully saturated rings. The van der Waals surface area contributed by atoms with Crippen molar-refractivity contribution in [3.8, 4) is 0 Å². The number of ketones is 1. The number of amides is 2. The van der Waals surface area contributed by atoms with Gasteiger partial charge < -0.3 is 10.2 Å². The van der Waals surface area contributed by atoms with Gasteiger partial charge >= 0.3 is 0 Å². The summed E-state index contributed by atoms with van der Waals surface area (Å²) in [5.41, 5.74) is 1.28. The van der Waals surface area contributed by atoms with Gasteiger partial charge in [-0.2, -0.15) is 0 Å². The molecule has 3 rings (SSSR count). The Kier molecular flexibility index (Phi) is 6.40. The van der Waals surface area contributed by atoms with Gasteiger partial charge in [0.2, 0.25) is 5.91 Å². The second kappa shape index (κ2) is 8.95. The molecule has 2 aromatic rings. The summed E-state index contributed by atoms with van der Waals surface area (Å²) in [7, 11) is 0. The van der Waals surface area contributed by atoms with Gasteiger partial charge in [-0.3, -0.25) is 14.4 Å². The lowest BCUT2D eigenvalue weighted by Gasteiger charge is -2.15. The van der Waals surface area contributed by atoms with Gasteiger partial charge in [-0.05, 0) is 43.2 Å². The minimum Gasteiger partial charge on any atom is -0.352 e. The maximum Gasteiger partial charge on any atom is 0.252 e. The molecule has 0 unspecified atom stereocenters. The van der Waals surface area contributed by atoms with E-state index < -0.39 is 0 Å². The molecule has 0 spiro atoms. The fourth-order valence-electron chi connectivity index (χ4n) is 3.14. The molecule has 140 valence electrons. The molecular formula is C21H21BrN2O3. The van der Waals surface area contributed by atoms with Crippen molar-refractivity contribution >= 4 is 33.5 Å². The van der Waals surface area contributed by atoms with Crippen LogP contribution in [-0.4, -0.2) is 42.1 Å². The summed E-state index contributed by atoms with van der Waals surface area (Å²) in [5.74, 6) is -0.272. The Hall–Kier alpha value is -2.47. The third-order valence-electron chi connectivity index (χ3n) is 4.58. The zero-order valence-electron chi connectivity index (χ0n) is 14.9. The monoisotopic (exact) mass is 428 g/mol. The average molecular weight is 429 g/mol. The van der Waals surface area contributed by atoms with E-state index in [2.05, 4.69) is 21.2 Å². The largest absolute Gasteiger partial charge is 0.352 e. The number of likely N-dealkylation sites (tertiary alicyclic amines) is 1. The van der Waals surface area contributed by atoms with Crippen molar-refractivity contribution in [2.24, 2.45) is 0 Å². The second-order valence-electron chi connectivity index (χ2n) is 6.48. The molecule has 1 aliphatic heterocycles. The summed E-state index contributed by atoms with van der Waals surface area (Å²) in [6.45, 7) is 1.92. The standard InChI is InChI=1S/C21H21BrN2O3/c22-16-10-8-15(9-11-16)20(26)17-5-1-2-6-18(17)21(27)23-12-4-14-24-13-3-7-19(24)25/h1-2,5-6,8-11H,3-4,7,12-14H2,(H,23,27). The van der Waals surface area contributed by atoms with Crippen molar-refractivity contribution in [3.05, 3.63) is 69.7 Å². The van der Waals surface area contributed by atoms with E-state index in [1.54, 1.807) is 48.5 Å². The molecule has 0 atom stereocenters. The first kappa shape index (κ1) is 19.3. The molecule has 1 saturated heterocycles. The topological polar surface area (TPSA) is 66.5 Å². The number of hydrogen-bond acceptors (Lipinski definition) is 3. The van der Waals surface area contributed by atoms with Crippen LogP contribution >= 0.6 is 15.9 Å². The second-order valence-corrected chi connectivity index (χ2v) is 7.39. The van der Waals surface area contributed by atoms with Crippen LogP contribution in [0.5, 0.6) is 0 Å². The highest BCUT2D eigenvalue weighted by Gasteiger charge is 2.20. The highest BCUT2D eigenvalue weighted by atomic mass is 79.9. The van der Waals surface area contributed by atoms with E-state index in [4.69, 9.17) is 0 Å². The van der Waals surface area contributed by atoms with Gasteiger partial charge in [-0.25, -0.2) is 0 Å². The van der Waals surface area contributed by atoms with Crippen LogP contribution in [0.25, 0.3) is 0 Å². The minimum atomic E-state index is -0.274. The zero-order valence-corrected chi connectivity index (χ0v) is 16.5. The van der Waals surface area contributed by atoms with Crippen LogP contribution in [0.3, 0.4) is 0 Å². The maximum atomic E-state index is 12.8. The quantitative estimate of drug-likeness (QED) is 0.542. The molecule has 2 aromatic carbocycles. The van der Waals surface area contributed by atoms with Crippen molar-refractivity contribution in [1.29, 1.82) is 0 Å². The summed E-state index contributed by atoms with van der Waals surface area (Å²) < 4.78 is 0.890. The molecular weight excluding hydrogens is 408 g/mol. The third kappa shape index (κ3) is 4.83. The Balaban J connectivity index is 1.62. The highest BCUT2D eigenvalue weighted by molar-refractivity contribution is 9.10. The number of nitrogens with one attached hydrogen (secondary N) is 1. The van der Waals surface area contributed by atoms with Crippen LogP contribution in [0.4, 0.5) is 0 Å². The van der Waals surface area contributed by atoms with Crippen molar-refractivity contribution in [3.63, 3.8) is 0 Å². The first-order chi connectivity index (χ1) is 13.1. The van der Waals surface area contributed by atoms with Crippen LogP contribution in [-0.2, 0) is 4.79 Å². The Bertz CT molecular complexity index is 849. The van der Waals surface area contributed by atoms with Gasteiger partial charge in [0.25, 0.3) is 5.91 Å². The number of halogens is 1. The normalized spacial score (nSPS) is 13.7. The lowest BCUT2D eigenvalue weighted by atomic mass is 9.98. The number of benzene rings is 2. The maximum absolute atomic E-state index is 12.8. The predicted octanol–water partition coefficient (Wildman–Crippen LogP) is 3.42. The van der Waals surface area contributed by atoms with E-state index in [-0.39, 0.29) is 17.6 Å². The molecule has 1 aliphatic rings. The van der Waals surface area contributed by atoms with E-state index in [0.29, 0.717) is 42.6 Å². The molecule has 27 heavy (non-hydrogen) atoms. The number of carbonyl (C=O) groups is 3. The van der Waals surface area contributed by atoms with Crippen molar-refractivity contribution in [2.45, 2.75) is 19.3 Å². The molecule has 5 nitrogen and oxygen atoms in total. The molecule has 0 aliphatic carbocycles. The van der Waals surface area contributed by atoms with Gasteiger partial charge in [-0.15, -0.1) is 0 Å². The van der Waals surface area contributed by atoms with Crippen molar-refractivity contribution < 1.29 is 14.4 Å². The summed E-state index contributed by atoms with van der Waals surface area (Å²) in [4.78, 5) is 38.8. The molecule has 2 amide bonds. The molecule has 1 heterocycles. The van der Waals surface area contributed by atoms with Gasteiger partial charge in [0.1, 0.15) is 0 Å². The number of nitrogens with zero attached hydrogens (tertiary/aromatic N) is 1. The lowest BCUT2D eigenvalue weighted by molar-refractivity contribution is -0.127. The molecule has 0 radical (unpaired) electrons. The lowest BCUT2D eigenvalue weighted by Crippen LogP contribution is -2.31. The van der Waals surface area contributed by atoms with Gasteiger partial charge in [0, 0.05) is 41.7 Å². The van der Waals surface area contributed by atoms with Crippen LogP contribution in [0, 0.1) is 0 Å². The molecule has 0 bridgehead atoms. The van der Waals surface area contributed by atoms with E-state index in [0.717, 1.165) is 17.4 Å². The Morgan fingerprint density at radius 3 is 2.41 bits per heavy atom. The van der Waals surface area contributed by atoms with Crippen LogP contribution in [0.15, 0.2) is 53.0 Å². The zero-order chi connectivity index (χ0) is 19.2. The smallest absolute Gasteiger partial charge is 0.252 e. The summed E-state index contributed by atoms with van der Waals surface area (Å²) >= 11 is 3.35. The van der Waals surface area contributed by atoms with Crippen LogP contribution in [0.1, 0.15) is 45.5 Å². The molecule has 0 saturated carbocycles. The van der Waals surface area contributed by atoms with Crippen molar-refractivity contribution in [1.82, 2.24) is 10.2 Å².